The van der Waals surface area contributed by atoms with Crippen molar-refractivity contribution in [3.63, 3.8) is 0 Å². The van der Waals surface area contributed by atoms with Crippen molar-refractivity contribution >= 4 is 0 Å². The van der Waals surface area contributed by atoms with Crippen LogP contribution in [0.2, 0.25) is 0 Å². The lowest BCUT2D eigenvalue weighted by Crippen LogP contribution is -1.94. The van der Waals surface area contributed by atoms with Crippen LogP contribution in [0.5, 0.6) is 0 Å². The largest absolute Gasteiger partial charge is 0.268 e. The van der Waals surface area contributed by atoms with Gasteiger partial charge < -0.3 is 0 Å². The number of aryl methyl sites for hydroxylation is 1. The molecule has 4 heteroatoms. The highest BCUT2D eigenvalue weighted by Crippen LogP contribution is 2.20. The second-order valence-electron chi connectivity index (χ2n) is 3.15. The number of nitrogens with zero attached hydrogens (tertiary/aromatic N) is 3. The first kappa shape index (κ1) is 9.41. The quantitative estimate of drug-likeness (QED) is 0.709. The molecule has 0 fully saturated rings. The van der Waals surface area contributed by atoms with Gasteiger partial charge in [-0.3, -0.25) is 4.68 Å². The van der Waals surface area contributed by atoms with E-state index in [-0.39, 0.29) is 5.56 Å². The molecule has 3 nitrogen and oxygen atoms in total. The molecule has 0 unspecified atom stereocenters. The molecule has 0 atom stereocenters. The van der Waals surface area contributed by atoms with Gasteiger partial charge in [-0.25, -0.2) is 4.39 Å². The standard InChI is InChI=1S/C11H8FN3/c1-15-11(4-5-14-15)8-2-3-10(12)9(6-8)7-13/h2-6H,1H3. The van der Waals surface area contributed by atoms with Gasteiger partial charge in [0.05, 0.1) is 11.3 Å². The van der Waals surface area contributed by atoms with Crippen LogP contribution in [0.4, 0.5) is 4.39 Å². The maximum Gasteiger partial charge on any atom is 0.140 e. The van der Waals surface area contributed by atoms with Crippen molar-refractivity contribution < 1.29 is 4.39 Å². The van der Waals surface area contributed by atoms with Gasteiger partial charge in [0.2, 0.25) is 0 Å². The van der Waals surface area contributed by atoms with Crippen LogP contribution in [0.15, 0.2) is 30.5 Å². The van der Waals surface area contributed by atoms with Gasteiger partial charge in [0.15, 0.2) is 0 Å². The lowest BCUT2D eigenvalue weighted by atomic mass is 10.1. The van der Waals surface area contributed by atoms with Gasteiger partial charge in [-0.15, -0.1) is 0 Å². The summed E-state index contributed by atoms with van der Waals surface area (Å²) in [5.74, 6) is -0.497. The highest BCUT2D eigenvalue weighted by molar-refractivity contribution is 5.61. The summed E-state index contributed by atoms with van der Waals surface area (Å²) in [4.78, 5) is 0. The number of hydrogen-bond acceptors (Lipinski definition) is 2. The summed E-state index contributed by atoms with van der Waals surface area (Å²) in [5.41, 5.74) is 1.69. The van der Waals surface area contributed by atoms with E-state index in [1.165, 1.54) is 12.1 Å². The molecule has 1 heterocycles. The zero-order chi connectivity index (χ0) is 10.8. The van der Waals surface area contributed by atoms with Crippen LogP contribution < -0.4 is 0 Å². The Morgan fingerprint density at radius 1 is 1.40 bits per heavy atom. The van der Waals surface area contributed by atoms with E-state index < -0.39 is 5.82 Å². The predicted octanol–water partition coefficient (Wildman–Crippen LogP) is 2.10. The number of rotatable bonds is 1. The van der Waals surface area contributed by atoms with E-state index in [1.807, 2.05) is 12.1 Å². The molecule has 0 radical (unpaired) electrons. The van der Waals surface area contributed by atoms with Crippen molar-refractivity contribution in [2.45, 2.75) is 0 Å². The summed E-state index contributed by atoms with van der Waals surface area (Å²) < 4.78 is 14.7. The van der Waals surface area contributed by atoms with E-state index in [9.17, 15) is 4.39 Å². The number of benzene rings is 1. The minimum atomic E-state index is -0.497. The monoisotopic (exact) mass is 201 g/mol. The molecule has 0 aliphatic heterocycles. The van der Waals surface area contributed by atoms with Crippen LogP contribution in [-0.2, 0) is 7.05 Å². The summed E-state index contributed by atoms with van der Waals surface area (Å²) >= 11 is 0. The van der Waals surface area contributed by atoms with Gasteiger partial charge in [0, 0.05) is 18.8 Å². The molecule has 2 rings (SSSR count). The minimum absolute atomic E-state index is 0.0497. The molecule has 0 saturated carbocycles. The summed E-state index contributed by atoms with van der Waals surface area (Å²) in [6, 6.07) is 8.07. The van der Waals surface area contributed by atoms with E-state index in [0.29, 0.717) is 0 Å². The summed E-state index contributed by atoms with van der Waals surface area (Å²) in [5, 5.41) is 12.7. The van der Waals surface area contributed by atoms with Gasteiger partial charge in [-0.05, 0) is 24.3 Å². The number of aromatic nitrogens is 2. The maximum absolute atomic E-state index is 13.1. The third-order valence-corrected chi connectivity index (χ3v) is 2.20. The van der Waals surface area contributed by atoms with Gasteiger partial charge >= 0.3 is 0 Å². The molecule has 0 bridgehead atoms. The number of halogens is 1. The molecule has 74 valence electrons. The average molecular weight is 201 g/mol. The number of nitriles is 1. The molecule has 1 aromatic heterocycles. The topological polar surface area (TPSA) is 41.6 Å². The first-order valence-electron chi connectivity index (χ1n) is 4.40. The summed E-state index contributed by atoms with van der Waals surface area (Å²) in [6.07, 6.45) is 1.66. The van der Waals surface area contributed by atoms with E-state index in [4.69, 9.17) is 5.26 Å². The van der Waals surface area contributed by atoms with E-state index in [0.717, 1.165) is 11.3 Å². The molecular formula is C11H8FN3. The Labute approximate surface area is 86.4 Å². The summed E-state index contributed by atoms with van der Waals surface area (Å²) in [7, 11) is 1.80. The van der Waals surface area contributed by atoms with E-state index >= 15 is 0 Å². The Hall–Kier alpha value is -2.15. The second-order valence-corrected chi connectivity index (χ2v) is 3.15. The van der Waals surface area contributed by atoms with Gasteiger partial charge in [0.25, 0.3) is 0 Å². The Morgan fingerprint density at radius 2 is 2.20 bits per heavy atom. The summed E-state index contributed by atoms with van der Waals surface area (Å²) in [6.45, 7) is 0. The third-order valence-electron chi connectivity index (χ3n) is 2.20. The van der Waals surface area contributed by atoms with Crippen LogP contribution >= 0.6 is 0 Å². The van der Waals surface area contributed by atoms with Crippen molar-refractivity contribution in [1.29, 1.82) is 5.26 Å². The van der Waals surface area contributed by atoms with Gasteiger partial charge in [0.1, 0.15) is 11.9 Å². The molecule has 0 N–H and O–H groups in total. The van der Waals surface area contributed by atoms with Crippen molar-refractivity contribution in [2.24, 2.45) is 7.05 Å². The molecule has 0 aliphatic carbocycles. The smallest absolute Gasteiger partial charge is 0.140 e. The van der Waals surface area contributed by atoms with Crippen molar-refractivity contribution in [3.05, 3.63) is 41.8 Å². The third kappa shape index (κ3) is 1.59. The molecular weight excluding hydrogens is 193 g/mol. The molecule has 0 amide bonds. The van der Waals surface area contributed by atoms with E-state index in [2.05, 4.69) is 5.10 Å². The van der Waals surface area contributed by atoms with Crippen molar-refractivity contribution in [1.82, 2.24) is 9.78 Å². The van der Waals surface area contributed by atoms with Crippen LogP contribution in [0.1, 0.15) is 5.56 Å². The van der Waals surface area contributed by atoms with Crippen molar-refractivity contribution in [3.8, 4) is 17.3 Å². The molecule has 0 aliphatic rings. The number of hydrogen-bond donors (Lipinski definition) is 0. The van der Waals surface area contributed by atoms with Crippen LogP contribution in [0.25, 0.3) is 11.3 Å². The zero-order valence-electron chi connectivity index (χ0n) is 8.11. The minimum Gasteiger partial charge on any atom is -0.268 e. The molecule has 2 aromatic rings. The first-order chi connectivity index (χ1) is 7.22. The maximum atomic E-state index is 13.1. The Bertz CT molecular complexity index is 537. The molecule has 1 aromatic carbocycles. The van der Waals surface area contributed by atoms with Crippen LogP contribution in [0, 0.1) is 17.1 Å². The normalized spacial score (nSPS) is 9.93. The predicted molar refractivity (Wildman–Crippen MR) is 53.3 cm³/mol. The highest BCUT2D eigenvalue weighted by atomic mass is 19.1. The second kappa shape index (κ2) is 3.54. The van der Waals surface area contributed by atoms with Crippen LogP contribution in [0.3, 0.4) is 0 Å². The van der Waals surface area contributed by atoms with Crippen molar-refractivity contribution in [2.75, 3.05) is 0 Å². The van der Waals surface area contributed by atoms with Gasteiger partial charge in [-0.2, -0.15) is 10.4 Å². The molecule has 0 spiro atoms. The average Bonchev–Trinajstić information content (AvgIpc) is 2.65. The fourth-order valence-corrected chi connectivity index (χ4v) is 1.43. The molecule has 15 heavy (non-hydrogen) atoms. The fraction of sp³-hybridized carbons (Fsp3) is 0.0909. The highest BCUT2D eigenvalue weighted by Gasteiger charge is 2.06. The SMILES string of the molecule is Cn1nccc1-c1ccc(F)c(C#N)c1. The molecule has 0 saturated heterocycles. The van der Waals surface area contributed by atoms with Crippen LogP contribution in [-0.4, -0.2) is 9.78 Å². The first-order valence-corrected chi connectivity index (χ1v) is 4.40. The van der Waals surface area contributed by atoms with E-state index in [1.54, 1.807) is 24.0 Å². The fourth-order valence-electron chi connectivity index (χ4n) is 1.43. The Morgan fingerprint density at radius 3 is 2.80 bits per heavy atom. The zero-order valence-corrected chi connectivity index (χ0v) is 8.11. The van der Waals surface area contributed by atoms with Gasteiger partial charge in [-0.1, -0.05) is 0 Å². The lowest BCUT2D eigenvalue weighted by Gasteiger charge is -2.02. The lowest BCUT2D eigenvalue weighted by molar-refractivity contribution is 0.624. The Balaban J connectivity index is 2.57. The Kier molecular flexibility index (Phi) is 2.22.